The number of rotatable bonds is 16. The molecule has 1 aliphatic rings. The number of hydrogen-bond donors (Lipinski definition) is 10. The highest BCUT2D eigenvalue weighted by atomic mass is 33.1. The molecule has 1 aromatic carbocycles. The zero-order chi connectivity index (χ0) is 26.8. The van der Waals surface area contributed by atoms with Gasteiger partial charge in [0.2, 0.25) is 0 Å². The van der Waals surface area contributed by atoms with E-state index in [1.807, 2.05) is 18.2 Å². The molecule has 0 saturated heterocycles. The van der Waals surface area contributed by atoms with E-state index >= 15 is 0 Å². The maximum Gasteiger partial charge on any atom is 0.119 e. The van der Waals surface area contributed by atoms with Gasteiger partial charge in [-0.15, -0.1) is 0 Å². The Kier molecular flexibility index (Phi) is 13.7. The molecule has 0 amide bonds. The van der Waals surface area contributed by atoms with Crippen molar-refractivity contribution in [2.45, 2.75) is 60.3 Å². The Morgan fingerprint density at radius 2 is 1.17 bits per heavy atom. The van der Waals surface area contributed by atoms with Gasteiger partial charge >= 0.3 is 0 Å². The first-order valence-corrected chi connectivity index (χ1v) is 13.9. The van der Waals surface area contributed by atoms with Gasteiger partial charge in [-0.2, -0.15) is 0 Å². The Morgan fingerprint density at radius 1 is 0.694 bits per heavy atom. The predicted molar refractivity (Wildman–Crippen MR) is 133 cm³/mol. The van der Waals surface area contributed by atoms with Crippen LogP contribution >= 0.6 is 21.6 Å². The van der Waals surface area contributed by atoms with E-state index in [0.717, 1.165) is 17.1 Å². The third-order valence-electron chi connectivity index (χ3n) is 5.91. The van der Waals surface area contributed by atoms with Gasteiger partial charge in [0.1, 0.15) is 49.0 Å². The van der Waals surface area contributed by atoms with Crippen LogP contribution < -0.4 is 4.74 Å². The van der Waals surface area contributed by atoms with E-state index in [9.17, 15) is 40.9 Å². The summed E-state index contributed by atoms with van der Waals surface area (Å²) in [4.78, 5) is 1.39. The summed E-state index contributed by atoms with van der Waals surface area (Å²) in [7, 11) is 3.53. The monoisotopic (exact) mass is 555 g/mol. The van der Waals surface area contributed by atoms with Gasteiger partial charge in [-0.25, -0.2) is 0 Å². The average molecular weight is 556 g/mol. The summed E-state index contributed by atoms with van der Waals surface area (Å²) >= 11 is 0. The van der Waals surface area contributed by atoms with Crippen LogP contribution in [0.1, 0.15) is 11.1 Å². The topological polar surface area (TPSA) is 215 Å². The van der Waals surface area contributed by atoms with Crippen molar-refractivity contribution in [3.63, 3.8) is 0 Å². The van der Waals surface area contributed by atoms with Gasteiger partial charge in [0.25, 0.3) is 0 Å². The molecule has 8 atom stereocenters. The van der Waals surface area contributed by atoms with E-state index in [1.54, 1.807) is 21.6 Å². The Morgan fingerprint density at radius 3 is 1.67 bits per heavy atom. The highest BCUT2D eigenvalue weighted by molar-refractivity contribution is 8.76. The Bertz CT molecular complexity index is 750. The van der Waals surface area contributed by atoms with Gasteiger partial charge in [0.05, 0.1) is 25.4 Å². The first-order valence-electron chi connectivity index (χ1n) is 11.5. The fraction of sp³-hybridized carbons (Fsp3) is 0.727. The molecule has 0 aromatic heterocycles. The predicted octanol–water partition coefficient (Wildman–Crippen LogP) is -3.37. The van der Waals surface area contributed by atoms with Crippen LogP contribution in [-0.4, -0.2) is 144 Å². The molecular weight excluding hydrogens is 518 g/mol. The van der Waals surface area contributed by atoms with E-state index in [2.05, 4.69) is 0 Å². The minimum absolute atomic E-state index is 0.0759. The zero-order valence-electron chi connectivity index (χ0n) is 19.7. The van der Waals surface area contributed by atoms with Crippen molar-refractivity contribution in [1.29, 1.82) is 0 Å². The molecule has 10 N–H and O–H groups in total. The molecule has 14 heteroatoms. The summed E-state index contributed by atoms with van der Waals surface area (Å²) in [6, 6.07) is 5.75. The van der Waals surface area contributed by atoms with E-state index < -0.39 is 62.0 Å². The molecule has 1 aromatic rings. The van der Waals surface area contributed by atoms with E-state index in [4.69, 9.17) is 14.9 Å². The number of aliphatic hydroxyl groups is 10. The molecule has 1 aliphatic heterocycles. The standard InChI is InChI=1S/C22H37NO11S2/c24-8-17(28)21(32)19(30)15(26)6-23(7-16(27)20(31)22(33)18(29)9-25)3-4-34-14-2-1-12-10-35-36-11-13(12)5-14/h1-2,5,15-22,24-33H,3-4,6-11H2/t15-,16-,17+,18+,19+,20+,21+,22+/m0/s1. The van der Waals surface area contributed by atoms with Gasteiger partial charge < -0.3 is 55.8 Å². The second kappa shape index (κ2) is 15.6. The highest BCUT2D eigenvalue weighted by Gasteiger charge is 2.34. The molecule has 36 heavy (non-hydrogen) atoms. The van der Waals surface area contributed by atoms with Crippen molar-refractivity contribution in [1.82, 2.24) is 4.90 Å². The fourth-order valence-corrected chi connectivity index (χ4v) is 5.83. The maximum absolute atomic E-state index is 10.4. The third-order valence-corrected chi connectivity index (χ3v) is 8.14. The summed E-state index contributed by atoms with van der Waals surface area (Å²) in [5.74, 6) is 2.37. The van der Waals surface area contributed by atoms with Crippen molar-refractivity contribution in [3.8, 4) is 5.75 Å². The van der Waals surface area contributed by atoms with Crippen LogP contribution in [0.5, 0.6) is 5.75 Å². The Labute approximate surface area is 217 Å². The molecule has 2 rings (SSSR count). The van der Waals surface area contributed by atoms with E-state index in [-0.39, 0.29) is 26.2 Å². The summed E-state index contributed by atoms with van der Waals surface area (Å²) in [5.41, 5.74) is 2.40. The molecule has 0 spiro atoms. The first kappa shape index (κ1) is 31.5. The van der Waals surface area contributed by atoms with Crippen LogP contribution in [0.25, 0.3) is 0 Å². The molecule has 0 radical (unpaired) electrons. The SMILES string of the molecule is OC[C@@H](O)[C@@H](O)[C@H](O)[C@@H](O)CN(CCOc1ccc2c(c1)CSSC2)C[C@H](O)[C@@H](O)[C@H](O)[C@H](O)CO. The smallest absolute Gasteiger partial charge is 0.119 e. The van der Waals surface area contributed by atoms with Gasteiger partial charge in [0, 0.05) is 31.1 Å². The minimum atomic E-state index is -1.84. The second-order valence-electron chi connectivity index (χ2n) is 8.66. The second-order valence-corrected chi connectivity index (χ2v) is 11.1. The number of nitrogens with zero attached hydrogens (tertiary/aromatic N) is 1. The molecule has 0 saturated carbocycles. The largest absolute Gasteiger partial charge is 0.492 e. The number of hydrogen-bond acceptors (Lipinski definition) is 14. The lowest BCUT2D eigenvalue weighted by molar-refractivity contribution is -0.130. The molecule has 0 bridgehead atoms. The van der Waals surface area contributed by atoms with Crippen molar-refractivity contribution < 1.29 is 55.8 Å². The Balaban J connectivity index is 2.04. The van der Waals surface area contributed by atoms with Crippen LogP contribution in [0, 0.1) is 0 Å². The number of aliphatic hydroxyl groups excluding tert-OH is 10. The molecule has 208 valence electrons. The number of ether oxygens (including phenoxy) is 1. The highest BCUT2D eigenvalue weighted by Crippen LogP contribution is 2.38. The number of benzene rings is 1. The Hall–Kier alpha value is -0.720. The first-order chi connectivity index (χ1) is 17.1. The lowest BCUT2D eigenvalue weighted by atomic mass is 10.0. The zero-order valence-corrected chi connectivity index (χ0v) is 21.3. The van der Waals surface area contributed by atoms with Crippen molar-refractivity contribution in [3.05, 3.63) is 29.3 Å². The van der Waals surface area contributed by atoms with E-state index in [1.165, 1.54) is 10.5 Å². The summed E-state index contributed by atoms with van der Waals surface area (Å²) in [6.45, 7) is -2.21. The fourth-order valence-electron chi connectivity index (χ4n) is 3.60. The van der Waals surface area contributed by atoms with Gasteiger partial charge in [0.15, 0.2) is 0 Å². The number of fused-ring (bicyclic) bond motifs is 1. The lowest BCUT2D eigenvalue weighted by Crippen LogP contribution is -2.53. The molecule has 12 nitrogen and oxygen atoms in total. The van der Waals surface area contributed by atoms with Gasteiger partial charge in [-0.3, -0.25) is 4.90 Å². The molecule has 0 aliphatic carbocycles. The summed E-state index contributed by atoms with van der Waals surface area (Å²) in [5, 5.41) is 97.8. The van der Waals surface area contributed by atoms with Crippen LogP contribution in [0.3, 0.4) is 0 Å². The normalized spacial score (nSPS) is 20.6. The van der Waals surface area contributed by atoms with Crippen molar-refractivity contribution in [2.24, 2.45) is 0 Å². The van der Waals surface area contributed by atoms with Crippen LogP contribution in [0.15, 0.2) is 18.2 Å². The molecule has 0 unspecified atom stereocenters. The third kappa shape index (κ3) is 9.23. The minimum Gasteiger partial charge on any atom is -0.492 e. The summed E-state index contributed by atoms with van der Waals surface area (Å²) < 4.78 is 5.80. The van der Waals surface area contributed by atoms with Gasteiger partial charge in [-0.05, 0) is 23.3 Å². The van der Waals surface area contributed by atoms with Crippen molar-refractivity contribution >= 4 is 21.6 Å². The lowest BCUT2D eigenvalue weighted by Gasteiger charge is -2.33. The van der Waals surface area contributed by atoms with Crippen LogP contribution in [0.2, 0.25) is 0 Å². The summed E-state index contributed by atoms with van der Waals surface area (Å²) in [6.07, 6.45) is -14.0. The van der Waals surface area contributed by atoms with E-state index in [0.29, 0.717) is 5.75 Å². The quantitative estimate of drug-likeness (QED) is 0.0902. The average Bonchev–Trinajstić information content (AvgIpc) is 2.89. The van der Waals surface area contributed by atoms with Crippen molar-refractivity contribution in [2.75, 3.05) is 39.5 Å². The van der Waals surface area contributed by atoms with Crippen LogP contribution in [0.4, 0.5) is 0 Å². The van der Waals surface area contributed by atoms with Crippen LogP contribution in [-0.2, 0) is 11.5 Å². The maximum atomic E-state index is 10.4. The molecular formula is C22H37NO11S2. The van der Waals surface area contributed by atoms with Gasteiger partial charge in [-0.1, -0.05) is 27.7 Å². The molecule has 0 fully saturated rings. The molecule has 1 heterocycles.